The van der Waals surface area contributed by atoms with Crippen LogP contribution in [0.15, 0.2) is 48.9 Å². The van der Waals surface area contributed by atoms with Crippen LogP contribution in [0.25, 0.3) is 5.69 Å². The van der Waals surface area contributed by atoms with Gasteiger partial charge in [0.15, 0.2) is 0 Å². The third kappa shape index (κ3) is 2.53. The minimum absolute atomic E-state index is 0.0851. The fourth-order valence-electron chi connectivity index (χ4n) is 1.85. The van der Waals surface area contributed by atoms with Crippen LogP contribution in [0, 0.1) is 0 Å². The zero-order chi connectivity index (χ0) is 13.1. The van der Waals surface area contributed by atoms with E-state index in [0.29, 0.717) is 12.2 Å². The van der Waals surface area contributed by atoms with Gasteiger partial charge in [-0.2, -0.15) is 5.10 Å². The lowest BCUT2D eigenvalue weighted by Gasteiger charge is -2.04. The number of hydrogen-bond acceptors (Lipinski definition) is 4. The Morgan fingerprint density at radius 1 is 1.16 bits per heavy atom. The molecule has 0 amide bonds. The summed E-state index contributed by atoms with van der Waals surface area (Å²) in [6, 6.07) is 9.95. The number of aliphatic hydroxyl groups excluding tert-OH is 1. The number of benzene rings is 1. The zero-order valence-corrected chi connectivity index (χ0v) is 10.2. The van der Waals surface area contributed by atoms with Crippen LogP contribution in [0.2, 0.25) is 0 Å². The third-order valence-electron chi connectivity index (χ3n) is 2.80. The van der Waals surface area contributed by atoms with E-state index in [1.54, 1.807) is 17.1 Å². The summed E-state index contributed by atoms with van der Waals surface area (Å²) < 4.78 is 3.51. The molecule has 0 saturated heterocycles. The van der Waals surface area contributed by atoms with Gasteiger partial charge in [0, 0.05) is 12.4 Å². The molecule has 2 heterocycles. The number of aromatic nitrogens is 5. The average molecular weight is 255 g/mol. The lowest BCUT2D eigenvalue weighted by atomic mass is 10.2. The van der Waals surface area contributed by atoms with E-state index in [-0.39, 0.29) is 6.61 Å². The fraction of sp³-hybridized carbons (Fsp3) is 0.154. The molecule has 0 aliphatic rings. The van der Waals surface area contributed by atoms with Crippen molar-refractivity contribution in [2.24, 2.45) is 0 Å². The van der Waals surface area contributed by atoms with E-state index in [9.17, 15) is 0 Å². The largest absolute Gasteiger partial charge is 0.390 e. The van der Waals surface area contributed by atoms with Gasteiger partial charge in [0.1, 0.15) is 5.69 Å². The van der Waals surface area contributed by atoms with E-state index in [1.807, 2.05) is 41.2 Å². The molecule has 0 fully saturated rings. The first-order chi connectivity index (χ1) is 9.35. The third-order valence-corrected chi connectivity index (χ3v) is 2.80. The molecule has 0 aliphatic heterocycles. The SMILES string of the molecule is OCc1cn(Cc2ccc(-n3cccn3)cc2)nn1. The van der Waals surface area contributed by atoms with Crippen LogP contribution in [0.1, 0.15) is 11.3 Å². The first kappa shape index (κ1) is 11.6. The van der Waals surface area contributed by atoms with Crippen molar-refractivity contribution in [2.45, 2.75) is 13.2 Å². The summed E-state index contributed by atoms with van der Waals surface area (Å²) in [5.74, 6) is 0. The molecule has 0 spiro atoms. The van der Waals surface area contributed by atoms with Gasteiger partial charge in [-0.1, -0.05) is 17.3 Å². The molecule has 6 nitrogen and oxygen atoms in total. The quantitative estimate of drug-likeness (QED) is 0.755. The Kier molecular flexibility index (Phi) is 3.07. The predicted molar refractivity (Wildman–Crippen MR) is 68.6 cm³/mol. The molecule has 1 N–H and O–H groups in total. The monoisotopic (exact) mass is 255 g/mol. The molecule has 0 bridgehead atoms. The fourth-order valence-corrected chi connectivity index (χ4v) is 1.85. The minimum atomic E-state index is -0.0851. The number of rotatable bonds is 4. The molecule has 3 aromatic rings. The van der Waals surface area contributed by atoms with Gasteiger partial charge in [-0.3, -0.25) is 0 Å². The van der Waals surface area contributed by atoms with Gasteiger partial charge < -0.3 is 5.11 Å². The summed E-state index contributed by atoms with van der Waals surface area (Å²) in [6.07, 6.45) is 5.39. The molecule has 0 unspecified atom stereocenters. The van der Waals surface area contributed by atoms with E-state index >= 15 is 0 Å². The van der Waals surface area contributed by atoms with Gasteiger partial charge in [-0.25, -0.2) is 9.36 Å². The molecule has 1 aromatic carbocycles. The Morgan fingerprint density at radius 2 is 2.00 bits per heavy atom. The summed E-state index contributed by atoms with van der Waals surface area (Å²) in [6.45, 7) is 0.546. The Labute approximate surface area is 109 Å². The standard InChI is InChI=1S/C13H13N5O/c19-10-12-9-17(16-15-12)8-11-2-4-13(5-3-11)18-7-1-6-14-18/h1-7,9,19H,8,10H2. The van der Waals surface area contributed by atoms with Crippen molar-refractivity contribution >= 4 is 0 Å². The molecule has 3 rings (SSSR count). The maximum atomic E-state index is 8.93. The van der Waals surface area contributed by atoms with Crippen molar-refractivity contribution in [2.75, 3.05) is 0 Å². The maximum absolute atomic E-state index is 8.93. The van der Waals surface area contributed by atoms with Crippen molar-refractivity contribution in [1.29, 1.82) is 0 Å². The Bertz CT molecular complexity index is 642. The summed E-state index contributed by atoms with van der Waals surface area (Å²) in [4.78, 5) is 0. The molecule has 19 heavy (non-hydrogen) atoms. The van der Waals surface area contributed by atoms with Crippen LogP contribution in [-0.4, -0.2) is 29.9 Å². The first-order valence-electron chi connectivity index (χ1n) is 5.94. The highest BCUT2D eigenvalue weighted by Gasteiger charge is 2.01. The minimum Gasteiger partial charge on any atom is -0.390 e. The summed E-state index contributed by atoms with van der Waals surface area (Å²) >= 11 is 0. The van der Waals surface area contributed by atoms with Crippen LogP contribution < -0.4 is 0 Å². The number of aliphatic hydroxyl groups is 1. The van der Waals surface area contributed by atoms with Crippen molar-refractivity contribution in [1.82, 2.24) is 24.8 Å². The molecule has 2 aromatic heterocycles. The second-order valence-electron chi connectivity index (χ2n) is 4.18. The van der Waals surface area contributed by atoms with Crippen LogP contribution in [0.3, 0.4) is 0 Å². The summed E-state index contributed by atoms with van der Waals surface area (Å²) in [5.41, 5.74) is 2.71. The van der Waals surface area contributed by atoms with Gasteiger partial charge in [0.2, 0.25) is 0 Å². The van der Waals surface area contributed by atoms with E-state index in [2.05, 4.69) is 15.4 Å². The molecular formula is C13H13N5O. The lowest BCUT2D eigenvalue weighted by Crippen LogP contribution is -2.01. The van der Waals surface area contributed by atoms with Crippen molar-refractivity contribution < 1.29 is 5.11 Å². The van der Waals surface area contributed by atoms with Crippen molar-refractivity contribution in [3.63, 3.8) is 0 Å². The second kappa shape index (κ2) is 5.03. The molecule has 0 atom stereocenters. The summed E-state index contributed by atoms with van der Waals surface area (Å²) in [7, 11) is 0. The Hall–Kier alpha value is -2.47. The number of hydrogen-bond donors (Lipinski definition) is 1. The second-order valence-corrected chi connectivity index (χ2v) is 4.18. The highest BCUT2D eigenvalue weighted by atomic mass is 16.3. The van der Waals surface area contributed by atoms with Crippen LogP contribution >= 0.6 is 0 Å². The predicted octanol–water partition coefficient (Wildman–Crippen LogP) is 1.00. The molecule has 0 radical (unpaired) electrons. The highest BCUT2D eigenvalue weighted by Crippen LogP contribution is 2.09. The smallest absolute Gasteiger partial charge is 0.108 e. The Balaban J connectivity index is 1.75. The molecule has 6 heteroatoms. The molecule has 0 aliphatic carbocycles. The molecule has 0 saturated carbocycles. The molecular weight excluding hydrogens is 242 g/mol. The van der Waals surface area contributed by atoms with Crippen molar-refractivity contribution in [3.8, 4) is 5.69 Å². The van der Waals surface area contributed by atoms with Crippen LogP contribution in [0.5, 0.6) is 0 Å². The molecule has 96 valence electrons. The van der Waals surface area contributed by atoms with Gasteiger partial charge in [0.25, 0.3) is 0 Å². The topological polar surface area (TPSA) is 68.8 Å². The van der Waals surface area contributed by atoms with Gasteiger partial charge in [0.05, 0.1) is 25.0 Å². The van der Waals surface area contributed by atoms with E-state index in [0.717, 1.165) is 11.3 Å². The lowest BCUT2D eigenvalue weighted by molar-refractivity contribution is 0.276. The maximum Gasteiger partial charge on any atom is 0.108 e. The van der Waals surface area contributed by atoms with Crippen LogP contribution in [0.4, 0.5) is 0 Å². The van der Waals surface area contributed by atoms with E-state index < -0.39 is 0 Å². The Morgan fingerprint density at radius 3 is 2.63 bits per heavy atom. The van der Waals surface area contributed by atoms with Gasteiger partial charge in [-0.05, 0) is 23.8 Å². The zero-order valence-electron chi connectivity index (χ0n) is 10.2. The number of nitrogens with zero attached hydrogens (tertiary/aromatic N) is 5. The summed E-state index contributed by atoms with van der Waals surface area (Å²) in [5, 5.41) is 20.9. The van der Waals surface area contributed by atoms with Crippen LogP contribution in [-0.2, 0) is 13.2 Å². The van der Waals surface area contributed by atoms with E-state index in [4.69, 9.17) is 5.11 Å². The van der Waals surface area contributed by atoms with E-state index in [1.165, 1.54) is 0 Å². The van der Waals surface area contributed by atoms with Gasteiger partial charge in [-0.15, -0.1) is 5.10 Å². The normalized spacial score (nSPS) is 10.8. The average Bonchev–Trinajstić information content (AvgIpc) is 3.10. The first-order valence-corrected chi connectivity index (χ1v) is 5.94. The highest BCUT2D eigenvalue weighted by molar-refractivity contribution is 5.33. The van der Waals surface area contributed by atoms with Crippen molar-refractivity contribution in [3.05, 3.63) is 60.2 Å². The van der Waals surface area contributed by atoms with Gasteiger partial charge >= 0.3 is 0 Å².